The third-order valence-electron chi connectivity index (χ3n) is 2.73. The fourth-order valence-electron chi connectivity index (χ4n) is 1.88. The zero-order chi connectivity index (χ0) is 10.1. The summed E-state index contributed by atoms with van der Waals surface area (Å²) in [5, 5.41) is 10.0. The van der Waals surface area contributed by atoms with Crippen molar-refractivity contribution < 1.29 is 39.4 Å². The Kier molecular flexibility index (Phi) is 6.72. The minimum absolute atomic E-state index is 0. The average molecular weight is 226 g/mol. The van der Waals surface area contributed by atoms with Crippen LogP contribution in [0.15, 0.2) is 18.2 Å². The summed E-state index contributed by atoms with van der Waals surface area (Å²) in [6, 6.07) is 5.92. The standard InChI is InChI=1S/C12H16O2.B.Na/c1-8(2)12(13)10-4-3-5-11-9(10)6-7-14-11;;/h3-5,8,12-13H,6-7H2,1-2H3;;/q;-1;+1. The zero-order valence-electron chi connectivity index (χ0n) is 10.2. The first kappa shape index (κ1) is 16.0. The molecule has 0 fully saturated rings. The Hall–Kier alpha value is 0.0449. The van der Waals surface area contributed by atoms with Gasteiger partial charge in [-0.25, -0.2) is 0 Å². The number of aliphatic hydroxyl groups is 1. The molecule has 16 heavy (non-hydrogen) atoms. The van der Waals surface area contributed by atoms with Crippen LogP contribution in [-0.2, 0) is 6.42 Å². The summed E-state index contributed by atoms with van der Waals surface area (Å²) in [6.07, 6.45) is 0.557. The minimum atomic E-state index is -0.369. The molecule has 1 aromatic carbocycles. The SMILES string of the molecule is CC(C)C(O)c1cccc2c1CCO2.[B-].[Na+]. The van der Waals surface area contributed by atoms with Crippen LogP contribution in [0, 0.1) is 5.92 Å². The third kappa shape index (κ3) is 3.04. The molecule has 1 atom stereocenters. The van der Waals surface area contributed by atoms with Gasteiger partial charge in [-0.1, -0.05) is 26.0 Å². The summed E-state index contributed by atoms with van der Waals surface area (Å²) >= 11 is 0. The van der Waals surface area contributed by atoms with Crippen molar-refractivity contribution in [3.63, 3.8) is 0 Å². The number of rotatable bonds is 2. The molecule has 4 heteroatoms. The van der Waals surface area contributed by atoms with E-state index in [9.17, 15) is 5.11 Å². The van der Waals surface area contributed by atoms with Crippen molar-refractivity contribution in [3.8, 4) is 5.75 Å². The predicted molar refractivity (Wildman–Crippen MR) is 61.2 cm³/mol. The number of ether oxygens (including phenoxy) is 1. The minimum Gasteiger partial charge on any atom is -1.00 e. The summed E-state index contributed by atoms with van der Waals surface area (Å²) in [7, 11) is 0. The molecule has 0 saturated carbocycles. The van der Waals surface area contributed by atoms with Gasteiger partial charge < -0.3 is 18.3 Å². The Morgan fingerprint density at radius 1 is 1.31 bits per heavy atom. The molecular weight excluding hydrogens is 210 g/mol. The van der Waals surface area contributed by atoms with Gasteiger partial charge in [0.2, 0.25) is 0 Å². The first-order chi connectivity index (χ1) is 6.70. The molecule has 0 spiro atoms. The van der Waals surface area contributed by atoms with Crippen LogP contribution in [0.25, 0.3) is 0 Å². The molecule has 1 aliphatic rings. The van der Waals surface area contributed by atoms with E-state index < -0.39 is 0 Å². The quantitative estimate of drug-likeness (QED) is 0.651. The van der Waals surface area contributed by atoms with Crippen molar-refractivity contribution >= 4 is 8.41 Å². The second-order valence-electron chi connectivity index (χ2n) is 4.11. The van der Waals surface area contributed by atoms with Gasteiger partial charge in [0.15, 0.2) is 0 Å². The summed E-state index contributed by atoms with van der Waals surface area (Å²) in [5.41, 5.74) is 2.23. The molecule has 4 radical (unpaired) electrons. The van der Waals surface area contributed by atoms with Gasteiger partial charge in [-0.05, 0) is 17.5 Å². The Morgan fingerprint density at radius 3 is 2.62 bits per heavy atom. The van der Waals surface area contributed by atoms with Crippen LogP contribution in [0.3, 0.4) is 0 Å². The molecule has 0 aromatic heterocycles. The van der Waals surface area contributed by atoms with E-state index in [2.05, 4.69) is 0 Å². The topological polar surface area (TPSA) is 29.5 Å². The third-order valence-corrected chi connectivity index (χ3v) is 2.73. The van der Waals surface area contributed by atoms with Crippen molar-refractivity contribution in [2.24, 2.45) is 5.92 Å². The van der Waals surface area contributed by atoms with Gasteiger partial charge in [0.05, 0.1) is 12.7 Å². The maximum Gasteiger partial charge on any atom is 1.00 e. The Bertz CT molecular complexity index is 342. The molecule has 1 unspecified atom stereocenters. The van der Waals surface area contributed by atoms with E-state index >= 15 is 0 Å². The predicted octanol–water partition coefficient (Wildman–Crippen LogP) is -1.07. The largest absolute Gasteiger partial charge is 1.00 e. The number of aliphatic hydroxyl groups excluding tert-OH is 1. The summed E-state index contributed by atoms with van der Waals surface area (Å²) in [6.45, 7) is 4.80. The van der Waals surface area contributed by atoms with E-state index in [4.69, 9.17) is 4.74 Å². The fraction of sp³-hybridized carbons (Fsp3) is 0.500. The van der Waals surface area contributed by atoms with Gasteiger partial charge in [-0.2, -0.15) is 0 Å². The monoisotopic (exact) mass is 226 g/mol. The smallest absolute Gasteiger partial charge is 1.00 e. The maximum absolute atomic E-state index is 10.0. The molecule has 2 nitrogen and oxygen atoms in total. The molecule has 1 aliphatic heterocycles. The van der Waals surface area contributed by atoms with Crippen molar-refractivity contribution in [2.45, 2.75) is 26.4 Å². The molecule has 0 saturated heterocycles. The van der Waals surface area contributed by atoms with Crippen molar-refractivity contribution in [3.05, 3.63) is 29.3 Å². The summed E-state index contributed by atoms with van der Waals surface area (Å²) in [4.78, 5) is 0. The zero-order valence-corrected chi connectivity index (χ0v) is 12.2. The summed E-state index contributed by atoms with van der Waals surface area (Å²) in [5.74, 6) is 1.20. The maximum atomic E-state index is 10.0. The van der Waals surface area contributed by atoms with Gasteiger partial charge in [-0.3, -0.25) is 0 Å². The number of hydrogen-bond donors (Lipinski definition) is 1. The van der Waals surface area contributed by atoms with Gasteiger partial charge in [0.25, 0.3) is 0 Å². The van der Waals surface area contributed by atoms with E-state index in [1.807, 2.05) is 32.0 Å². The fourth-order valence-corrected chi connectivity index (χ4v) is 1.88. The van der Waals surface area contributed by atoms with Crippen molar-refractivity contribution in [2.75, 3.05) is 6.61 Å². The average Bonchev–Trinajstić information content (AvgIpc) is 2.63. The molecule has 1 N–H and O–H groups in total. The van der Waals surface area contributed by atoms with Crippen LogP contribution >= 0.6 is 0 Å². The van der Waals surface area contributed by atoms with Crippen LogP contribution < -0.4 is 34.3 Å². The molecule has 1 heterocycles. The van der Waals surface area contributed by atoms with Gasteiger partial charge in [0.1, 0.15) is 5.75 Å². The summed E-state index contributed by atoms with van der Waals surface area (Å²) < 4.78 is 5.46. The number of fused-ring (bicyclic) bond motifs is 1. The van der Waals surface area contributed by atoms with E-state index in [-0.39, 0.29) is 50.0 Å². The molecule has 80 valence electrons. The first-order valence-electron chi connectivity index (χ1n) is 5.13. The van der Waals surface area contributed by atoms with Gasteiger partial charge in [-0.15, -0.1) is 0 Å². The molecular formula is C12H16BNaO2. The molecule has 0 bridgehead atoms. The molecule has 0 amide bonds. The molecule has 0 aliphatic carbocycles. The van der Waals surface area contributed by atoms with Crippen LogP contribution in [0.2, 0.25) is 0 Å². The van der Waals surface area contributed by atoms with Crippen LogP contribution in [0.5, 0.6) is 5.75 Å². The normalized spacial score (nSPS) is 14.5. The van der Waals surface area contributed by atoms with Gasteiger partial charge in [0, 0.05) is 12.0 Å². The van der Waals surface area contributed by atoms with E-state index in [0.29, 0.717) is 0 Å². The van der Waals surface area contributed by atoms with Crippen LogP contribution in [-0.4, -0.2) is 20.1 Å². The number of hydrogen-bond acceptors (Lipinski definition) is 2. The Labute approximate surface area is 121 Å². The second kappa shape index (κ2) is 6.70. The van der Waals surface area contributed by atoms with Crippen molar-refractivity contribution in [1.82, 2.24) is 0 Å². The Balaban J connectivity index is 0.00000112. The van der Waals surface area contributed by atoms with Gasteiger partial charge >= 0.3 is 29.6 Å². The Morgan fingerprint density at radius 2 is 2.00 bits per heavy atom. The van der Waals surface area contributed by atoms with E-state index in [1.165, 1.54) is 5.56 Å². The molecule has 1 aromatic rings. The number of benzene rings is 1. The second-order valence-corrected chi connectivity index (χ2v) is 4.11. The van der Waals surface area contributed by atoms with E-state index in [1.54, 1.807) is 0 Å². The molecule has 2 rings (SSSR count). The first-order valence-corrected chi connectivity index (χ1v) is 5.13. The van der Waals surface area contributed by atoms with Crippen molar-refractivity contribution in [1.29, 1.82) is 0 Å². The van der Waals surface area contributed by atoms with Crippen LogP contribution in [0.4, 0.5) is 0 Å². The van der Waals surface area contributed by atoms with E-state index in [0.717, 1.165) is 24.3 Å². The van der Waals surface area contributed by atoms with Crippen LogP contribution in [0.1, 0.15) is 31.1 Å².